The van der Waals surface area contributed by atoms with Crippen LogP contribution in [0.3, 0.4) is 0 Å². The van der Waals surface area contributed by atoms with Crippen LogP contribution < -0.4 is 5.32 Å². The summed E-state index contributed by atoms with van der Waals surface area (Å²) in [6.45, 7) is 6.19. The van der Waals surface area contributed by atoms with Crippen LogP contribution in [0.2, 0.25) is 5.02 Å². The molecule has 3 nitrogen and oxygen atoms in total. The van der Waals surface area contributed by atoms with E-state index in [4.69, 9.17) is 11.6 Å². The van der Waals surface area contributed by atoms with Crippen molar-refractivity contribution >= 4 is 22.6 Å². The number of nitrogens with zero attached hydrogens (tertiary/aromatic N) is 2. The largest absolute Gasteiger partial charge is 0.330 e. The normalized spacial score (nSPS) is 11.6. The van der Waals surface area contributed by atoms with Gasteiger partial charge in [-0.3, -0.25) is 0 Å². The number of imidazole rings is 1. The van der Waals surface area contributed by atoms with Gasteiger partial charge >= 0.3 is 0 Å². The predicted octanol–water partition coefficient (Wildman–Crippen LogP) is 2.97. The van der Waals surface area contributed by atoms with Crippen LogP contribution in [0.5, 0.6) is 0 Å². The minimum Gasteiger partial charge on any atom is -0.330 e. The number of hydrogen-bond acceptors (Lipinski definition) is 2. The van der Waals surface area contributed by atoms with Crippen LogP contribution in [0, 0.1) is 5.92 Å². The minimum absolute atomic E-state index is 0.652. The molecule has 0 bridgehead atoms. The second-order valence-corrected chi connectivity index (χ2v) is 5.18. The van der Waals surface area contributed by atoms with Crippen molar-refractivity contribution in [3.8, 4) is 0 Å². The molecule has 0 saturated carbocycles. The molecule has 1 aromatic carbocycles. The molecule has 0 aliphatic carbocycles. The molecule has 1 aromatic heterocycles. The molecular weight excluding hydrogens is 234 g/mol. The van der Waals surface area contributed by atoms with Crippen LogP contribution in [0.4, 0.5) is 0 Å². The summed E-state index contributed by atoms with van der Waals surface area (Å²) in [7, 11) is 2.04. The van der Waals surface area contributed by atoms with E-state index in [1.807, 2.05) is 25.2 Å². The summed E-state index contributed by atoms with van der Waals surface area (Å²) in [5, 5.41) is 4.13. The number of aryl methyl sites for hydroxylation is 1. The Kier molecular flexibility index (Phi) is 3.69. The van der Waals surface area contributed by atoms with E-state index >= 15 is 0 Å². The van der Waals surface area contributed by atoms with Gasteiger partial charge in [-0.25, -0.2) is 4.98 Å². The lowest BCUT2D eigenvalue weighted by atomic mass is 10.2. The lowest BCUT2D eigenvalue weighted by Crippen LogP contribution is -2.20. The summed E-state index contributed by atoms with van der Waals surface area (Å²) in [5.41, 5.74) is 2.08. The van der Waals surface area contributed by atoms with Crippen molar-refractivity contribution in [2.45, 2.75) is 20.4 Å². The predicted molar refractivity (Wildman–Crippen MR) is 72.3 cm³/mol. The van der Waals surface area contributed by atoms with Crippen molar-refractivity contribution in [1.82, 2.24) is 14.9 Å². The molecule has 4 heteroatoms. The molecular formula is C13H18ClN3. The molecule has 2 aromatic rings. The van der Waals surface area contributed by atoms with E-state index < -0.39 is 0 Å². The van der Waals surface area contributed by atoms with Gasteiger partial charge < -0.3 is 9.88 Å². The maximum atomic E-state index is 5.96. The Balaban J connectivity index is 2.20. The van der Waals surface area contributed by atoms with Gasteiger partial charge in [0.05, 0.1) is 17.6 Å². The zero-order valence-electron chi connectivity index (χ0n) is 10.5. The number of aromatic nitrogens is 2. The SMILES string of the molecule is CC(C)CNCc1nc2cc(Cl)ccc2n1C. The topological polar surface area (TPSA) is 29.9 Å². The molecule has 0 amide bonds. The van der Waals surface area contributed by atoms with Gasteiger partial charge in [-0.05, 0) is 30.7 Å². The van der Waals surface area contributed by atoms with Crippen molar-refractivity contribution in [1.29, 1.82) is 0 Å². The summed E-state index contributed by atoms with van der Waals surface area (Å²) in [5.74, 6) is 1.70. The summed E-state index contributed by atoms with van der Waals surface area (Å²) in [6.07, 6.45) is 0. The highest BCUT2D eigenvalue weighted by Gasteiger charge is 2.07. The molecule has 0 saturated heterocycles. The zero-order valence-corrected chi connectivity index (χ0v) is 11.3. The van der Waals surface area contributed by atoms with Gasteiger partial charge in [0.15, 0.2) is 0 Å². The Morgan fingerprint density at radius 1 is 1.41 bits per heavy atom. The van der Waals surface area contributed by atoms with Crippen LogP contribution in [-0.4, -0.2) is 16.1 Å². The van der Waals surface area contributed by atoms with Crippen molar-refractivity contribution in [3.63, 3.8) is 0 Å². The number of nitrogens with one attached hydrogen (secondary N) is 1. The minimum atomic E-state index is 0.652. The van der Waals surface area contributed by atoms with Gasteiger partial charge in [-0.2, -0.15) is 0 Å². The Hall–Kier alpha value is -1.06. The second-order valence-electron chi connectivity index (χ2n) is 4.74. The van der Waals surface area contributed by atoms with Gasteiger partial charge in [0.2, 0.25) is 0 Å². The Morgan fingerprint density at radius 2 is 2.18 bits per heavy atom. The molecule has 2 rings (SSSR count). The average molecular weight is 252 g/mol. The molecule has 92 valence electrons. The van der Waals surface area contributed by atoms with Gasteiger partial charge in [0, 0.05) is 12.1 Å². The van der Waals surface area contributed by atoms with Crippen molar-refractivity contribution in [3.05, 3.63) is 29.0 Å². The first-order chi connectivity index (χ1) is 8.08. The third-order valence-corrected chi connectivity index (χ3v) is 3.01. The Labute approximate surface area is 107 Å². The highest BCUT2D eigenvalue weighted by molar-refractivity contribution is 6.31. The number of benzene rings is 1. The molecule has 17 heavy (non-hydrogen) atoms. The fraction of sp³-hybridized carbons (Fsp3) is 0.462. The van der Waals surface area contributed by atoms with E-state index in [0.29, 0.717) is 5.92 Å². The summed E-state index contributed by atoms with van der Waals surface area (Å²) in [4.78, 5) is 4.59. The third kappa shape index (κ3) is 2.79. The fourth-order valence-corrected chi connectivity index (χ4v) is 2.02. The summed E-state index contributed by atoms with van der Waals surface area (Å²) in [6, 6.07) is 5.82. The van der Waals surface area contributed by atoms with Crippen LogP contribution in [-0.2, 0) is 13.6 Å². The highest BCUT2D eigenvalue weighted by atomic mass is 35.5. The van der Waals surface area contributed by atoms with E-state index in [9.17, 15) is 0 Å². The molecule has 0 radical (unpaired) electrons. The van der Waals surface area contributed by atoms with Gasteiger partial charge in [0.25, 0.3) is 0 Å². The van der Waals surface area contributed by atoms with Crippen LogP contribution >= 0.6 is 11.6 Å². The molecule has 1 heterocycles. The van der Waals surface area contributed by atoms with Crippen LogP contribution in [0.15, 0.2) is 18.2 Å². The third-order valence-electron chi connectivity index (χ3n) is 2.77. The Morgan fingerprint density at radius 3 is 2.88 bits per heavy atom. The summed E-state index contributed by atoms with van der Waals surface area (Å²) < 4.78 is 2.11. The number of hydrogen-bond donors (Lipinski definition) is 1. The maximum Gasteiger partial charge on any atom is 0.123 e. The molecule has 0 aliphatic heterocycles. The fourth-order valence-electron chi connectivity index (χ4n) is 1.85. The van der Waals surface area contributed by atoms with E-state index in [1.54, 1.807) is 0 Å². The van der Waals surface area contributed by atoms with Crippen LogP contribution in [0.25, 0.3) is 11.0 Å². The average Bonchev–Trinajstić information content (AvgIpc) is 2.55. The monoisotopic (exact) mass is 251 g/mol. The van der Waals surface area contributed by atoms with Gasteiger partial charge in [-0.15, -0.1) is 0 Å². The lowest BCUT2D eigenvalue weighted by Gasteiger charge is -2.07. The standard InChI is InChI=1S/C13H18ClN3/c1-9(2)7-15-8-13-16-11-6-10(14)4-5-12(11)17(13)3/h4-6,9,15H,7-8H2,1-3H3. The molecule has 0 spiro atoms. The first-order valence-electron chi connectivity index (χ1n) is 5.89. The number of fused-ring (bicyclic) bond motifs is 1. The van der Waals surface area contributed by atoms with E-state index in [1.165, 1.54) is 0 Å². The second kappa shape index (κ2) is 5.07. The molecule has 0 fully saturated rings. The summed E-state index contributed by atoms with van der Waals surface area (Å²) >= 11 is 5.96. The van der Waals surface area contributed by atoms with Crippen molar-refractivity contribution < 1.29 is 0 Å². The van der Waals surface area contributed by atoms with Gasteiger partial charge in [-0.1, -0.05) is 25.4 Å². The van der Waals surface area contributed by atoms with Gasteiger partial charge in [0.1, 0.15) is 5.82 Å². The van der Waals surface area contributed by atoms with Crippen molar-refractivity contribution in [2.75, 3.05) is 6.54 Å². The number of halogens is 1. The van der Waals surface area contributed by atoms with E-state index in [0.717, 1.165) is 35.0 Å². The lowest BCUT2D eigenvalue weighted by molar-refractivity contribution is 0.538. The first-order valence-corrected chi connectivity index (χ1v) is 6.27. The molecule has 0 unspecified atom stereocenters. The first kappa shape index (κ1) is 12.4. The molecule has 0 atom stereocenters. The van der Waals surface area contributed by atoms with Crippen molar-refractivity contribution in [2.24, 2.45) is 13.0 Å². The van der Waals surface area contributed by atoms with E-state index in [-0.39, 0.29) is 0 Å². The zero-order chi connectivity index (χ0) is 12.4. The smallest absolute Gasteiger partial charge is 0.123 e. The van der Waals surface area contributed by atoms with Crippen LogP contribution in [0.1, 0.15) is 19.7 Å². The quantitative estimate of drug-likeness (QED) is 0.906. The molecule has 0 aliphatic rings. The Bertz CT molecular complexity index is 517. The molecule has 1 N–H and O–H groups in total. The maximum absolute atomic E-state index is 5.96. The highest BCUT2D eigenvalue weighted by Crippen LogP contribution is 2.19. The number of rotatable bonds is 4. The van der Waals surface area contributed by atoms with E-state index in [2.05, 4.69) is 28.7 Å².